The fourth-order valence-electron chi connectivity index (χ4n) is 2.28. The molecule has 2 rings (SSSR count). The van der Waals surface area contributed by atoms with E-state index in [0.29, 0.717) is 19.7 Å². The minimum atomic E-state index is 0.00643. The maximum Gasteiger partial charge on any atom is 0.234 e. The Balaban J connectivity index is 1.68. The lowest BCUT2D eigenvalue weighted by Gasteiger charge is -2.24. The number of carbonyl (C=O) groups is 1. The van der Waals surface area contributed by atoms with Gasteiger partial charge < -0.3 is 10.1 Å². The summed E-state index contributed by atoms with van der Waals surface area (Å²) >= 11 is 0. The quantitative estimate of drug-likeness (QED) is 0.762. The summed E-state index contributed by atoms with van der Waals surface area (Å²) in [7, 11) is 1.96. The van der Waals surface area contributed by atoms with E-state index < -0.39 is 0 Å². The van der Waals surface area contributed by atoms with E-state index in [1.54, 1.807) is 0 Å². The molecule has 122 valence electrons. The van der Waals surface area contributed by atoms with Crippen LogP contribution in [0.3, 0.4) is 0 Å². The lowest BCUT2D eigenvalue weighted by molar-refractivity contribution is -0.122. The van der Waals surface area contributed by atoms with Crippen molar-refractivity contribution in [3.63, 3.8) is 0 Å². The first-order valence-electron chi connectivity index (χ1n) is 7.86. The summed E-state index contributed by atoms with van der Waals surface area (Å²) in [5.74, 6) is 0.823. The van der Waals surface area contributed by atoms with Crippen molar-refractivity contribution >= 4 is 5.91 Å². The van der Waals surface area contributed by atoms with Gasteiger partial charge in [0.2, 0.25) is 5.91 Å². The average Bonchev–Trinajstić information content (AvgIpc) is 2.59. The third-order valence-electron chi connectivity index (χ3n) is 3.77. The molecule has 4 heteroatoms. The van der Waals surface area contributed by atoms with Crippen LogP contribution in [0.15, 0.2) is 60.7 Å². The molecule has 0 heterocycles. The SMILES string of the molecule is CC(c1ccccc1)N(C)CC(=O)NCCOc1ccccc1. The number of nitrogens with zero attached hydrogens (tertiary/aromatic N) is 1. The number of hydrogen-bond donors (Lipinski definition) is 1. The first-order chi connectivity index (χ1) is 11.2. The molecule has 0 bridgehead atoms. The zero-order valence-electron chi connectivity index (χ0n) is 13.7. The second-order valence-electron chi connectivity index (χ2n) is 5.51. The van der Waals surface area contributed by atoms with Crippen molar-refractivity contribution in [3.8, 4) is 5.75 Å². The van der Waals surface area contributed by atoms with Crippen LogP contribution in [0.4, 0.5) is 0 Å². The van der Waals surface area contributed by atoms with Gasteiger partial charge in [0, 0.05) is 6.04 Å². The number of amides is 1. The smallest absolute Gasteiger partial charge is 0.234 e. The third-order valence-corrected chi connectivity index (χ3v) is 3.77. The second kappa shape index (κ2) is 8.96. The van der Waals surface area contributed by atoms with E-state index in [9.17, 15) is 4.79 Å². The lowest BCUT2D eigenvalue weighted by atomic mass is 10.1. The van der Waals surface area contributed by atoms with E-state index in [-0.39, 0.29) is 11.9 Å². The van der Waals surface area contributed by atoms with Gasteiger partial charge in [-0.05, 0) is 31.7 Å². The minimum absolute atomic E-state index is 0.00643. The highest BCUT2D eigenvalue weighted by molar-refractivity contribution is 5.78. The van der Waals surface area contributed by atoms with E-state index in [2.05, 4.69) is 24.4 Å². The highest BCUT2D eigenvalue weighted by Crippen LogP contribution is 2.17. The molecule has 0 aliphatic heterocycles. The topological polar surface area (TPSA) is 41.6 Å². The molecule has 2 aromatic carbocycles. The monoisotopic (exact) mass is 312 g/mol. The summed E-state index contributed by atoms with van der Waals surface area (Å²) in [4.78, 5) is 14.0. The van der Waals surface area contributed by atoms with Gasteiger partial charge >= 0.3 is 0 Å². The summed E-state index contributed by atoms with van der Waals surface area (Å²) in [5, 5.41) is 2.88. The lowest BCUT2D eigenvalue weighted by Crippen LogP contribution is -2.38. The molecule has 1 amide bonds. The van der Waals surface area contributed by atoms with Crippen molar-refractivity contribution in [2.45, 2.75) is 13.0 Å². The Kier molecular flexibility index (Phi) is 6.63. The van der Waals surface area contributed by atoms with E-state index in [4.69, 9.17) is 4.74 Å². The highest BCUT2D eigenvalue weighted by Gasteiger charge is 2.14. The summed E-state index contributed by atoms with van der Waals surface area (Å²) < 4.78 is 5.55. The zero-order chi connectivity index (χ0) is 16.5. The molecule has 0 aromatic heterocycles. The summed E-state index contributed by atoms with van der Waals surface area (Å²) in [6.45, 7) is 3.43. The van der Waals surface area contributed by atoms with Crippen molar-refractivity contribution in [1.82, 2.24) is 10.2 Å². The Labute approximate surface area is 138 Å². The van der Waals surface area contributed by atoms with Crippen molar-refractivity contribution in [3.05, 3.63) is 66.2 Å². The number of ether oxygens (including phenoxy) is 1. The maximum absolute atomic E-state index is 12.0. The third kappa shape index (κ3) is 5.75. The molecule has 0 saturated heterocycles. The Hall–Kier alpha value is -2.33. The first-order valence-corrected chi connectivity index (χ1v) is 7.86. The Morgan fingerprint density at radius 3 is 2.35 bits per heavy atom. The number of likely N-dealkylation sites (N-methyl/N-ethyl adjacent to an activating group) is 1. The molecule has 0 spiro atoms. The Morgan fingerprint density at radius 2 is 1.70 bits per heavy atom. The normalized spacial score (nSPS) is 12.0. The molecule has 4 nitrogen and oxygen atoms in total. The Morgan fingerprint density at radius 1 is 1.09 bits per heavy atom. The van der Waals surface area contributed by atoms with E-state index >= 15 is 0 Å². The standard InChI is InChI=1S/C19H24N2O2/c1-16(17-9-5-3-6-10-17)21(2)15-19(22)20-13-14-23-18-11-7-4-8-12-18/h3-12,16H,13-15H2,1-2H3,(H,20,22). The molecular formula is C19H24N2O2. The predicted molar refractivity (Wildman–Crippen MR) is 92.4 cm³/mol. The predicted octanol–water partition coefficient (Wildman–Crippen LogP) is 2.87. The number of carbonyl (C=O) groups excluding carboxylic acids is 1. The Bertz CT molecular complexity index is 587. The van der Waals surface area contributed by atoms with Gasteiger partial charge in [0.15, 0.2) is 0 Å². The van der Waals surface area contributed by atoms with Gasteiger partial charge in [0.05, 0.1) is 13.1 Å². The number of para-hydroxylation sites is 1. The molecule has 0 aliphatic rings. The summed E-state index contributed by atoms with van der Waals surface area (Å²) in [6.07, 6.45) is 0. The van der Waals surface area contributed by atoms with Crippen LogP contribution in [-0.4, -0.2) is 37.6 Å². The minimum Gasteiger partial charge on any atom is -0.492 e. The second-order valence-corrected chi connectivity index (χ2v) is 5.51. The fraction of sp³-hybridized carbons (Fsp3) is 0.316. The van der Waals surface area contributed by atoms with Gasteiger partial charge in [-0.2, -0.15) is 0 Å². The number of benzene rings is 2. The van der Waals surface area contributed by atoms with Gasteiger partial charge in [0.25, 0.3) is 0 Å². The summed E-state index contributed by atoms with van der Waals surface area (Å²) in [5.41, 5.74) is 1.20. The van der Waals surface area contributed by atoms with Crippen LogP contribution in [0.5, 0.6) is 5.75 Å². The maximum atomic E-state index is 12.0. The average molecular weight is 312 g/mol. The van der Waals surface area contributed by atoms with Crippen LogP contribution in [0, 0.1) is 0 Å². The van der Waals surface area contributed by atoms with E-state index in [1.165, 1.54) is 5.56 Å². The van der Waals surface area contributed by atoms with Crippen LogP contribution >= 0.6 is 0 Å². The van der Waals surface area contributed by atoms with Crippen LogP contribution in [0.1, 0.15) is 18.5 Å². The summed E-state index contributed by atoms with van der Waals surface area (Å²) in [6, 6.07) is 20.0. The van der Waals surface area contributed by atoms with Crippen LogP contribution < -0.4 is 10.1 Å². The van der Waals surface area contributed by atoms with E-state index in [0.717, 1.165) is 5.75 Å². The van der Waals surface area contributed by atoms with Gasteiger partial charge in [-0.25, -0.2) is 0 Å². The number of nitrogens with one attached hydrogen (secondary N) is 1. The molecule has 23 heavy (non-hydrogen) atoms. The van der Waals surface area contributed by atoms with Crippen molar-refractivity contribution in [2.75, 3.05) is 26.7 Å². The number of rotatable bonds is 8. The molecule has 1 unspecified atom stereocenters. The van der Waals surface area contributed by atoms with E-state index in [1.807, 2.05) is 60.5 Å². The van der Waals surface area contributed by atoms with Gasteiger partial charge in [0.1, 0.15) is 12.4 Å². The first kappa shape index (κ1) is 17.0. The van der Waals surface area contributed by atoms with Crippen LogP contribution in [-0.2, 0) is 4.79 Å². The zero-order valence-corrected chi connectivity index (χ0v) is 13.7. The molecule has 0 fully saturated rings. The van der Waals surface area contributed by atoms with Gasteiger partial charge in [-0.1, -0.05) is 48.5 Å². The molecular weight excluding hydrogens is 288 g/mol. The molecule has 1 N–H and O–H groups in total. The molecule has 0 aliphatic carbocycles. The molecule has 0 radical (unpaired) electrons. The van der Waals surface area contributed by atoms with Crippen LogP contribution in [0.2, 0.25) is 0 Å². The fourth-order valence-corrected chi connectivity index (χ4v) is 2.28. The molecule has 0 saturated carbocycles. The molecule has 1 atom stereocenters. The van der Waals surface area contributed by atoms with Crippen molar-refractivity contribution in [1.29, 1.82) is 0 Å². The molecule has 2 aromatic rings. The van der Waals surface area contributed by atoms with Gasteiger partial charge in [-0.3, -0.25) is 9.69 Å². The largest absolute Gasteiger partial charge is 0.492 e. The highest BCUT2D eigenvalue weighted by atomic mass is 16.5. The van der Waals surface area contributed by atoms with Gasteiger partial charge in [-0.15, -0.1) is 0 Å². The van der Waals surface area contributed by atoms with Crippen molar-refractivity contribution < 1.29 is 9.53 Å². The van der Waals surface area contributed by atoms with Crippen LogP contribution in [0.25, 0.3) is 0 Å². The number of hydrogen-bond acceptors (Lipinski definition) is 3. The van der Waals surface area contributed by atoms with Crippen molar-refractivity contribution in [2.24, 2.45) is 0 Å².